The molecule has 0 saturated carbocycles. The molecule has 3 nitrogen and oxygen atoms in total. The van der Waals surface area contributed by atoms with Crippen LogP contribution in [0.4, 0.5) is 0 Å². The van der Waals surface area contributed by atoms with E-state index in [2.05, 4.69) is 6.92 Å². The van der Waals surface area contributed by atoms with Crippen molar-refractivity contribution in [1.82, 2.24) is 0 Å². The molecule has 1 fully saturated rings. The van der Waals surface area contributed by atoms with E-state index in [1.165, 1.54) is 0 Å². The highest BCUT2D eigenvalue weighted by Crippen LogP contribution is 2.24. The lowest BCUT2D eigenvalue weighted by Crippen LogP contribution is -2.23. The number of hydrogen-bond donors (Lipinski definition) is 0. The van der Waals surface area contributed by atoms with Gasteiger partial charge in [-0.3, -0.25) is 4.79 Å². The average molecular weight is 228 g/mol. The van der Waals surface area contributed by atoms with Crippen LogP contribution in [0.15, 0.2) is 0 Å². The second kappa shape index (κ2) is 7.66. The Balaban J connectivity index is 2.38. The van der Waals surface area contributed by atoms with Gasteiger partial charge in [-0.05, 0) is 32.6 Å². The number of carbonyl (C=O) groups is 1. The highest BCUT2D eigenvalue weighted by atomic mass is 16.5. The number of unbranched alkanes of at least 4 members (excludes halogenated alkanes) is 1. The Hall–Kier alpha value is -0.570. The molecule has 0 aromatic carbocycles. The van der Waals surface area contributed by atoms with Gasteiger partial charge in [0.25, 0.3) is 0 Å². The van der Waals surface area contributed by atoms with Gasteiger partial charge in [0.1, 0.15) is 0 Å². The summed E-state index contributed by atoms with van der Waals surface area (Å²) in [6, 6.07) is 0. The number of rotatable bonds is 7. The smallest absolute Gasteiger partial charge is 0.309 e. The zero-order valence-corrected chi connectivity index (χ0v) is 10.5. The molecule has 2 unspecified atom stereocenters. The first-order valence-electron chi connectivity index (χ1n) is 6.56. The second-order valence-electron chi connectivity index (χ2n) is 4.46. The molecule has 16 heavy (non-hydrogen) atoms. The first-order valence-corrected chi connectivity index (χ1v) is 6.56. The lowest BCUT2D eigenvalue weighted by Gasteiger charge is -2.18. The topological polar surface area (TPSA) is 35.5 Å². The zero-order chi connectivity index (χ0) is 11.8. The minimum atomic E-state index is -0.0357. The summed E-state index contributed by atoms with van der Waals surface area (Å²) in [5.41, 5.74) is 0. The molecular formula is C13H24O3. The number of esters is 1. The SMILES string of the molecule is CCCCC(CC1CCCO1)C(=O)OCC. The third-order valence-electron chi connectivity index (χ3n) is 3.10. The molecule has 0 amide bonds. The van der Waals surface area contributed by atoms with E-state index in [-0.39, 0.29) is 18.0 Å². The molecule has 0 aliphatic carbocycles. The van der Waals surface area contributed by atoms with Crippen LogP contribution in [0, 0.1) is 5.92 Å². The Kier molecular flexibility index (Phi) is 6.46. The fourth-order valence-corrected chi connectivity index (χ4v) is 2.19. The number of hydrogen-bond acceptors (Lipinski definition) is 3. The predicted molar refractivity (Wildman–Crippen MR) is 63.2 cm³/mol. The Morgan fingerprint density at radius 1 is 1.50 bits per heavy atom. The molecule has 1 saturated heterocycles. The Labute approximate surface area is 98.5 Å². The van der Waals surface area contributed by atoms with Crippen LogP contribution in [0.1, 0.15) is 52.4 Å². The van der Waals surface area contributed by atoms with E-state index in [0.717, 1.165) is 45.1 Å². The molecule has 0 N–H and O–H groups in total. The van der Waals surface area contributed by atoms with Crippen molar-refractivity contribution < 1.29 is 14.3 Å². The summed E-state index contributed by atoms with van der Waals surface area (Å²) >= 11 is 0. The molecule has 0 radical (unpaired) electrons. The summed E-state index contributed by atoms with van der Waals surface area (Å²) in [7, 11) is 0. The van der Waals surface area contributed by atoms with Crippen LogP contribution in [0.3, 0.4) is 0 Å². The molecule has 0 aromatic heterocycles. The highest BCUT2D eigenvalue weighted by molar-refractivity contribution is 5.72. The van der Waals surface area contributed by atoms with E-state index >= 15 is 0 Å². The van der Waals surface area contributed by atoms with Crippen LogP contribution in [0.2, 0.25) is 0 Å². The van der Waals surface area contributed by atoms with E-state index in [1.807, 2.05) is 6.92 Å². The summed E-state index contributed by atoms with van der Waals surface area (Å²) in [5.74, 6) is 0.00875. The average Bonchev–Trinajstić information content (AvgIpc) is 2.77. The largest absolute Gasteiger partial charge is 0.466 e. The fourth-order valence-electron chi connectivity index (χ4n) is 2.19. The van der Waals surface area contributed by atoms with Crippen molar-refractivity contribution in [3.05, 3.63) is 0 Å². The van der Waals surface area contributed by atoms with Gasteiger partial charge in [-0.15, -0.1) is 0 Å². The van der Waals surface area contributed by atoms with E-state index in [1.54, 1.807) is 0 Å². The number of ether oxygens (including phenoxy) is 2. The van der Waals surface area contributed by atoms with Crippen molar-refractivity contribution in [2.24, 2.45) is 5.92 Å². The zero-order valence-electron chi connectivity index (χ0n) is 10.5. The fraction of sp³-hybridized carbons (Fsp3) is 0.923. The molecular weight excluding hydrogens is 204 g/mol. The minimum Gasteiger partial charge on any atom is -0.466 e. The van der Waals surface area contributed by atoms with Crippen molar-refractivity contribution in [1.29, 1.82) is 0 Å². The van der Waals surface area contributed by atoms with Gasteiger partial charge < -0.3 is 9.47 Å². The quantitative estimate of drug-likeness (QED) is 0.628. The van der Waals surface area contributed by atoms with Gasteiger partial charge in [0.2, 0.25) is 0 Å². The third-order valence-corrected chi connectivity index (χ3v) is 3.10. The van der Waals surface area contributed by atoms with Gasteiger partial charge >= 0.3 is 5.97 Å². The van der Waals surface area contributed by atoms with Crippen molar-refractivity contribution in [3.8, 4) is 0 Å². The number of carbonyl (C=O) groups excluding carboxylic acids is 1. The molecule has 2 atom stereocenters. The van der Waals surface area contributed by atoms with Crippen LogP contribution in [-0.2, 0) is 14.3 Å². The Bertz CT molecular complexity index is 197. The normalized spacial score (nSPS) is 22.0. The van der Waals surface area contributed by atoms with Gasteiger partial charge in [-0.2, -0.15) is 0 Å². The maximum Gasteiger partial charge on any atom is 0.309 e. The molecule has 1 rings (SSSR count). The van der Waals surface area contributed by atoms with E-state index < -0.39 is 0 Å². The van der Waals surface area contributed by atoms with Crippen LogP contribution in [0.5, 0.6) is 0 Å². The van der Waals surface area contributed by atoms with Gasteiger partial charge in [-0.1, -0.05) is 19.8 Å². The summed E-state index contributed by atoms with van der Waals surface area (Å²) < 4.78 is 10.7. The second-order valence-corrected chi connectivity index (χ2v) is 4.46. The van der Waals surface area contributed by atoms with Crippen LogP contribution in [-0.4, -0.2) is 25.3 Å². The van der Waals surface area contributed by atoms with Gasteiger partial charge in [0.05, 0.1) is 18.6 Å². The molecule has 1 aliphatic rings. The third kappa shape index (κ3) is 4.52. The molecule has 3 heteroatoms. The van der Waals surface area contributed by atoms with Gasteiger partial charge in [0.15, 0.2) is 0 Å². The van der Waals surface area contributed by atoms with Crippen LogP contribution in [0.25, 0.3) is 0 Å². The van der Waals surface area contributed by atoms with Gasteiger partial charge in [0, 0.05) is 6.61 Å². The molecule has 1 heterocycles. The first-order chi connectivity index (χ1) is 7.77. The molecule has 0 bridgehead atoms. The van der Waals surface area contributed by atoms with Gasteiger partial charge in [-0.25, -0.2) is 0 Å². The van der Waals surface area contributed by atoms with Crippen molar-refractivity contribution >= 4 is 5.97 Å². The summed E-state index contributed by atoms with van der Waals surface area (Å²) in [5, 5.41) is 0. The van der Waals surface area contributed by atoms with Crippen LogP contribution >= 0.6 is 0 Å². The standard InChI is InChI=1S/C13H24O3/c1-3-5-7-11(13(14)15-4-2)10-12-8-6-9-16-12/h11-12H,3-10H2,1-2H3. The molecule has 0 spiro atoms. The first kappa shape index (κ1) is 13.5. The minimum absolute atomic E-state index is 0.0357. The summed E-state index contributed by atoms with van der Waals surface area (Å²) in [6.07, 6.45) is 6.52. The summed E-state index contributed by atoms with van der Waals surface area (Å²) in [6.45, 7) is 5.34. The van der Waals surface area contributed by atoms with Crippen molar-refractivity contribution in [2.45, 2.75) is 58.5 Å². The van der Waals surface area contributed by atoms with Crippen molar-refractivity contribution in [2.75, 3.05) is 13.2 Å². The Morgan fingerprint density at radius 2 is 2.31 bits per heavy atom. The highest BCUT2D eigenvalue weighted by Gasteiger charge is 2.26. The lowest BCUT2D eigenvalue weighted by atomic mass is 9.94. The van der Waals surface area contributed by atoms with E-state index in [4.69, 9.17) is 9.47 Å². The monoisotopic (exact) mass is 228 g/mol. The molecule has 94 valence electrons. The summed E-state index contributed by atoms with van der Waals surface area (Å²) in [4.78, 5) is 11.8. The van der Waals surface area contributed by atoms with Crippen LogP contribution < -0.4 is 0 Å². The predicted octanol–water partition coefficient (Wildman–Crippen LogP) is 2.93. The lowest BCUT2D eigenvalue weighted by molar-refractivity contribution is -0.149. The van der Waals surface area contributed by atoms with E-state index in [0.29, 0.717) is 6.61 Å². The van der Waals surface area contributed by atoms with Crippen molar-refractivity contribution in [3.63, 3.8) is 0 Å². The van der Waals surface area contributed by atoms with E-state index in [9.17, 15) is 4.79 Å². The molecule has 0 aromatic rings. The molecule has 1 aliphatic heterocycles. The Morgan fingerprint density at radius 3 is 2.88 bits per heavy atom. The maximum absolute atomic E-state index is 11.8. The maximum atomic E-state index is 11.8.